The van der Waals surface area contributed by atoms with Crippen molar-refractivity contribution in [2.75, 3.05) is 18.9 Å². The van der Waals surface area contributed by atoms with Gasteiger partial charge in [0.25, 0.3) is 5.91 Å². The van der Waals surface area contributed by atoms with Gasteiger partial charge in [0.1, 0.15) is 5.82 Å². The Morgan fingerprint density at radius 2 is 2.04 bits per heavy atom. The maximum atomic E-state index is 11.5. The van der Waals surface area contributed by atoms with E-state index >= 15 is 0 Å². The van der Waals surface area contributed by atoms with Crippen LogP contribution < -0.4 is 10.6 Å². The first-order valence-corrected chi connectivity index (χ1v) is 8.50. The van der Waals surface area contributed by atoms with Crippen molar-refractivity contribution in [2.24, 2.45) is 0 Å². The monoisotopic (exact) mass is 360 g/mol. The predicted octanol–water partition coefficient (Wildman–Crippen LogP) is 2.38. The van der Waals surface area contributed by atoms with Gasteiger partial charge in [0.2, 0.25) is 0 Å². The fraction of sp³-hybridized carbons (Fsp3) is 0.389. The molecule has 1 aliphatic carbocycles. The third kappa shape index (κ3) is 3.75. The minimum absolute atomic E-state index is 0.213. The van der Waals surface area contributed by atoms with Gasteiger partial charge in [-0.2, -0.15) is 0 Å². The second-order valence-corrected chi connectivity index (χ2v) is 7.31. The summed E-state index contributed by atoms with van der Waals surface area (Å²) in [5.41, 5.74) is 0.465. The molecule has 0 radical (unpaired) electrons. The molecular weight excluding hydrogens is 340 g/mol. The molecule has 1 aliphatic rings. The van der Waals surface area contributed by atoms with Gasteiger partial charge in [0.15, 0.2) is 5.69 Å². The van der Waals surface area contributed by atoms with Crippen LogP contribution in [-0.2, 0) is 5.41 Å². The summed E-state index contributed by atoms with van der Waals surface area (Å²) < 4.78 is 0. The number of hydrogen-bond acceptors (Lipinski definition) is 5. The van der Waals surface area contributed by atoms with Gasteiger partial charge in [-0.25, -0.2) is 0 Å². The highest BCUT2D eigenvalue weighted by Crippen LogP contribution is 2.50. The van der Waals surface area contributed by atoms with E-state index in [0.29, 0.717) is 30.2 Å². The normalized spacial score (nSPS) is 25.1. The number of aliphatic hydroxyl groups is 1. The van der Waals surface area contributed by atoms with Crippen LogP contribution in [0.4, 0.5) is 5.82 Å². The van der Waals surface area contributed by atoms with Gasteiger partial charge in [0, 0.05) is 24.0 Å². The van der Waals surface area contributed by atoms with Crippen molar-refractivity contribution in [2.45, 2.75) is 30.8 Å². The van der Waals surface area contributed by atoms with E-state index in [4.69, 9.17) is 11.6 Å². The van der Waals surface area contributed by atoms with E-state index in [9.17, 15) is 9.90 Å². The fourth-order valence-corrected chi connectivity index (χ4v) is 3.78. The SMILES string of the molecule is CNC(=O)c1ccc(NCC2(c3cccc(Cl)c3)CC(C)(O)C2)nn1. The van der Waals surface area contributed by atoms with Gasteiger partial charge >= 0.3 is 0 Å². The summed E-state index contributed by atoms with van der Waals surface area (Å²) in [4.78, 5) is 11.5. The Hall–Kier alpha value is -2.18. The molecule has 1 heterocycles. The number of amides is 1. The molecule has 2 aromatic rings. The number of nitrogens with one attached hydrogen (secondary N) is 2. The summed E-state index contributed by atoms with van der Waals surface area (Å²) >= 11 is 6.14. The average molecular weight is 361 g/mol. The topological polar surface area (TPSA) is 87.1 Å². The van der Waals surface area contributed by atoms with Gasteiger partial charge < -0.3 is 15.7 Å². The molecule has 0 aliphatic heterocycles. The highest BCUT2D eigenvalue weighted by molar-refractivity contribution is 6.30. The molecule has 132 valence electrons. The van der Waals surface area contributed by atoms with E-state index in [1.165, 1.54) is 0 Å². The first-order chi connectivity index (χ1) is 11.8. The van der Waals surface area contributed by atoms with Crippen molar-refractivity contribution >= 4 is 23.3 Å². The Kier molecular flexibility index (Phi) is 4.67. The van der Waals surface area contributed by atoms with Crippen molar-refractivity contribution in [3.05, 3.63) is 52.7 Å². The largest absolute Gasteiger partial charge is 0.390 e. The Labute approximate surface area is 151 Å². The molecule has 1 amide bonds. The van der Waals surface area contributed by atoms with Crippen LogP contribution in [0.2, 0.25) is 5.02 Å². The molecule has 0 spiro atoms. The third-order valence-electron chi connectivity index (χ3n) is 4.61. The molecule has 0 bridgehead atoms. The molecule has 1 aromatic heterocycles. The van der Waals surface area contributed by atoms with E-state index in [0.717, 1.165) is 5.56 Å². The molecule has 25 heavy (non-hydrogen) atoms. The Morgan fingerprint density at radius 1 is 1.28 bits per heavy atom. The number of carbonyl (C=O) groups is 1. The second kappa shape index (κ2) is 6.61. The average Bonchev–Trinajstić information content (AvgIpc) is 2.57. The highest BCUT2D eigenvalue weighted by atomic mass is 35.5. The Bertz CT molecular complexity index is 769. The predicted molar refractivity (Wildman–Crippen MR) is 96.9 cm³/mol. The second-order valence-electron chi connectivity index (χ2n) is 6.88. The number of hydrogen-bond donors (Lipinski definition) is 3. The molecule has 3 rings (SSSR count). The van der Waals surface area contributed by atoms with Gasteiger partial charge in [-0.15, -0.1) is 10.2 Å². The molecule has 0 unspecified atom stereocenters. The zero-order valence-corrected chi connectivity index (χ0v) is 15.0. The quantitative estimate of drug-likeness (QED) is 0.762. The van der Waals surface area contributed by atoms with Gasteiger partial charge in [-0.1, -0.05) is 23.7 Å². The Balaban J connectivity index is 1.75. The summed E-state index contributed by atoms with van der Waals surface area (Å²) in [6.45, 7) is 2.44. The number of carbonyl (C=O) groups excluding carboxylic acids is 1. The summed E-state index contributed by atoms with van der Waals surface area (Å²) in [5, 5.41) is 24.7. The number of benzene rings is 1. The van der Waals surface area contributed by atoms with Crippen molar-refractivity contribution in [3.8, 4) is 0 Å². The molecule has 7 heteroatoms. The van der Waals surface area contributed by atoms with Crippen LogP contribution in [-0.4, -0.2) is 40.4 Å². The van der Waals surface area contributed by atoms with Gasteiger partial charge in [-0.05, 0) is 49.6 Å². The minimum atomic E-state index is -0.682. The van der Waals surface area contributed by atoms with E-state index in [1.807, 2.05) is 31.2 Å². The Morgan fingerprint density at radius 3 is 2.60 bits per heavy atom. The molecule has 1 saturated carbocycles. The van der Waals surface area contributed by atoms with Crippen LogP contribution in [0.15, 0.2) is 36.4 Å². The van der Waals surface area contributed by atoms with Gasteiger partial charge in [0.05, 0.1) is 5.60 Å². The first kappa shape index (κ1) is 17.6. The lowest BCUT2D eigenvalue weighted by Gasteiger charge is -2.52. The molecule has 1 fully saturated rings. The zero-order chi connectivity index (χ0) is 18.1. The summed E-state index contributed by atoms with van der Waals surface area (Å²) in [6.07, 6.45) is 1.27. The van der Waals surface area contributed by atoms with Crippen molar-refractivity contribution in [1.82, 2.24) is 15.5 Å². The standard InChI is InChI=1S/C18H21ClN4O2/c1-17(25)9-18(10-17,12-4-3-5-13(19)8-12)11-21-15-7-6-14(22-23-15)16(24)20-2/h3-8,25H,9-11H2,1-2H3,(H,20,24)(H,21,23). The van der Waals surface area contributed by atoms with Crippen molar-refractivity contribution < 1.29 is 9.90 Å². The number of anilines is 1. The lowest BCUT2D eigenvalue weighted by molar-refractivity contribution is -0.0711. The zero-order valence-electron chi connectivity index (χ0n) is 14.2. The van der Waals surface area contributed by atoms with Crippen LogP contribution in [0.5, 0.6) is 0 Å². The molecule has 6 nitrogen and oxygen atoms in total. The molecule has 0 saturated heterocycles. The van der Waals surface area contributed by atoms with E-state index in [-0.39, 0.29) is 17.0 Å². The third-order valence-corrected chi connectivity index (χ3v) is 4.84. The molecular formula is C18H21ClN4O2. The number of halogens is 1. The fourth-order valence-electron chi connectivity index (χ4n) is 3.59. The summed E-state index contributed by atoms with van der Waals surface area (Å²) in [5.74, 6) is 0.310. The van der Waals surface area contributed by atoms with E-state index in [2.05, 4.69) is 20.8 Å². The van der Waals surface area contributed by atoms with Crippen molar-refractivity contribution in [1.29, 1.82) is 0 Å². The first-order valence-electron chi connectivity index (χ1n) is 8.12. The van der Waals surface area contributed by atoms with Crippen LogP contribution in [0, 0.1) is 0 Å². The molecule has 0 atom stereocenters. The lowest BCUT2D eigenvalue weighted by Crippen LogP contribution is -2.56. The maximum absolute atomic E-state index is 11.5. The molecule has 1 aromatic carbocycles. The molecule has 3 N–H and O–H groups in total. The van der Waals surface area contributed by atoms with Crippen LogP contribution in [0.25, 0.3) is 0 Å². The highest BCUT2D eigenvalue weighted by Gasteiger charge is 2.51. The number of nitrogens with zero attached hydrogens (tertiary/aromatic N) is 2. The van der Waals surface area contributed by atoms with Crippen LogP contribution >= 0.6 is 11.6 Å². The summed E-state index contributed by atoms with van der Waals surface area (Å²) in [6, 6.07) is 11.1. The minimum Gasteiger partial charge on any atom is -0.390 e. The van der Waals surface area contributed by atoms with E-state index in [1.54, 1.807) is 19.2 Å². The lowest BCUT2D eigenvalue weighted by atomic mass is 9.56. The summed E-state index contributed by atoms with van der Waals surface area (Å²) in [7, 11) is 1.55. The maximum Gasteiger partial charge on any atom is 0.271 e. The van der Waals surface area contributed by atoms with Gasteiger partial charge in [-0.3, -0.25) is 4.79 Å². The smallest absolute Gasteiger partial charge is 0.271 e. The van der Waals surface area contributed by atoms with E-state index < -0.39 is 5.60 Å². The number of aromatic nitrogens is 2. The van der Waals surface area contributed by atoms with Crippen LogP contribution in [0.3, 0.4) is 0 Å². The number of rotatable bonds is 5. The van der Waals surface area contributed by atoms with Crippen molar-refractivity contribution in [3.63, 3.8) is 0 Å². The van der Waals surface area contributed by atoms with Crippen LogP contribution in [0.1, 0.15) is 35.8 Å².